The predicted octanol–water partition coefficient (Wildman–Crippen LogP) is 1.42. The fourth-order valence-electron chi connectivity index (χ4n) is 0.645. The fourth-order valence-corrected chi connectivity index (χ4v) is 1.57. The molecule has 0 saturated carbocycles. The van der Waals surface area contributed by atoms with Crippen molar-refractivity contribution in [3.8, 4) is 0 Å². The molecular weight excluding hydrogens is 215 g/mol. The van der Waals surface area contributed by atoms with Crippen LogP contribution in [0.1, 0.15) is 13.0 Å². The quantitative estimate of drug-likeness (QED) is 0.587. The molecule has 9 heavy (non-hydrogen) atoms. The Morgan fingerprint density at radius 2 is 2.00 bits per heavy atom. The van der Waals surface area contributed by atoms with E-state index in [9.17, 15) is 0 Å². The van der Waals surface area contributed by atoms with Crippen LogP contribution < -0.4 is 3.58 Å². The number of hydrogen-bond donors (Lipinski definition) is 0. The van der Waals surface area contributed by atoms with Gasteiger partial charge in [-0.15, -0.1) is 0 Å². The summed E-state index contributed by atoms with van der Waals surface area (Å²) in [7, 11) is 0. The topological polar surface area (TPSA) is 0 Å². The normalized spacial score (nSPS) is 8.22. The predicted molar refractivity (Wildman–Crippen MR) is 43.3 cm³/mol. The minimum absolute atomic E-state index is 0. The van der Waals surface area contributed by atoms with Gasteiger partial charge in [0, 0.05) is 0 Å². The zero-order valence-electron chi connectivity index (χ0n) is 4.81. The van der Waals surface area contributed by atoms with Gasteiger partial charge in [-0.1, -0.05) is 7.43 Å². The van der Waals surface area contributed by atoms with Gasteiger partial charge >= 0.3 is 62.9 Å². The van der Waals surface area contributed by atoms with Crippen molar-refractivity contribution in [2.75, 3.05) is 0 Å². The first-order valence-corrected chi connectivity index (χ1v) is 4.00. The molecule has 1 heteroatoms. The van der Waals surface area contributed by atoms with Crippen LogP contribution in [0.4, 0.5) is 0 Å². The monoisotopic (exact) mass is 227 g/mol. The van der Waals surface area contributed by atoms with Crippen LogP contribution in [-0.2, 0) is 0 Å². The van der Waals surface area contributed by atoms with Gasteiger partial charge in [0.05, 0.1) is 0 Å². The molecule has 0 nitrogen and oxygen atoms in total. The Bertz CT molecular complexity index is 164. The third kappa shape index (κ3) is 2.89. The van der Waals surface area contributed by atoms with Gasteiger partial charge in [0.15, 0.2) is 0 Å². The summed E-state index contributed by atoms with van der Waals surface area (Å²) in [6, 6.07) is 8.57. The molecular formula is C8H11Sn. The first-order valence-electron chi connectivity index (χ1n) is 2.57. The zero-order valence-corrected chi connectivity index (χ0v) is 7.66. The van der Waals surface area contributed by atoms with Gasteiger partial charge in [-0.2, -0.15) is 0 Å². The summed E-state index contributed by atoms with van der Waals surface area (Å²) < 4.78 is 1.43. The third-order valence-electron chi connectivity index (χ3n) is 1.02. The van der Waals surface area contributed by atoms with Crippen LogP contribution in [0.5, 0.6) is 0 Å². The van der Waals surface area contributed by atoms with Crippen LogP contribution in [0.2, 0.25) is 0 Å². The molecule has 3 radical (unpaired) electrons. The first kappa shape index (κ1) is 9.02. The van der Waals surface area contributed by atoms with Gasteiger partial charge < -0.3 is 0 Å². The standard InChI is InChI=1S/C7H7.CH4.Sn/c1-7-5-3-2-4-6-7;;/h2-3,5-6H,1H3;1H4;. The van der Waals surface area contributed by atoms with E-state index in [4.69, 9.17) is 0 Å². The molecule has 0 amide bonds. The maximum absolute atomic E-state index is 2.21. The van der Waals surface area contributed by atoms with E-state index in [-0.39, 0.29) is 7.43 Å². The SMILES string of the molecule is C.Cc1ccc[c]([Sn])c1. The Labute approximate surface area is 70.4 Å². The molecule has 0 saturated heterocycles. The van der Waals surface area contributed by atoms with Crippen LogP contribution >= 0.6 is 0 Å². The van der Waals surface area contributed by atoms with Crippen LogP contribution in [0.25, 0.3) is 0 Å². The second kappa shape index (κ2) is 3.94. The molecule has 0 atom stereocenters. The molecule has 1 aromatic carbocycles. The van der Waals surface area contributed by atoms with Gasteiger partial charge in [-0.05, 0) is 0 Å². The first-order chi connectivity index (χ1) is 3.79. The van der Waals surface area contributed by atoms with Gasteiger partial charge in [0.1, 0.15) is 0 Å². The van der Waals surface area contributed by atoms with Gasteiger partial charge in [0.2, 0.25) is 0 Å². The van der Waals surface area contributed by atoms with E-state index < -0.39 is 0 Å². The van der Waals surface area contributed by atoms with E-state index in [2.05, 4.69) is 31.2 Å². The summed E-state index contributed by atoms with van der Waals surface area (Å²) in [5, 5.41) is 0. The number of rotatable bonds is 0. The van der Waals surface area contributed by atoms with Crippen molar-refractivity contribution in [2.45, 2.75) is 14.4 Å². The second-order valence-electron chi connectivity index (χ2n) is 1.87. The summed E-state index contributed by atoms with van der Waals surface area (Å²) in [6.45, 7) is 2.12. The molecule has 0 N–H and O–H groups in total. The molecule has 0 aliphatic carbocycles. The Kier molecular flexibility index (Phi) is 3.94. The van der Waals surface area contributed by atoms with Crippen molar-refractivity contribution in [1.82, 2.24) is 0 Å². The molecule has 0 unspecified atom stereocenters. The molecule has 1 aromatic rings. The van der Waals surface area contributed by atoms with Gasteiger partial charge in [-0.25, -0.2) is 0 Å². The van der Waals surface area contributed by atoms with E-state index in [1.54, 1.807) is 0 Å². The van der Waals surface area contributed by atoms with E-state index in [0.717, 1.165) is 0 Å². The van der Waals surface area contributed by atoms with E-state index in [0.29, 0.717) is 0 Å². The molecule has 0 aliphatic heterocycles. The van der Waals surface area contributed by atoms with Crippen molar-refractivity contribution >= 4 is 26.1 Å². The molecule has 0 aromatic heterocycles. The molecule has 47 valence electrons. The van der Waals surface area contributed by atoms with E-state index in [1.165, 1.54) is 31.7 Å². The van der Waals surface area contributed by atoms with Crippen LogP contribution in [-0.4, -0.2) is 22.5 Å². The summed E-state index contributed by atoms with van der Waals surface area (Å²) in [5.41, 5.74) is 1.36. The van der Waals surface area contributed by atoms with Crippen LogP contribution in [0.15, 0.2) is 24.3 Å². The van der Waals surface area contributed by atoms with E-state index in [1.807, 2.05) is 0 Å². The molecule has 0 bridgehead atoms. The van der Waals surface area contributed by atoms with Crippen LogP contribution in [0.3, 0.4) is 0 Å². The third-order valence-corrected chi connectivity index (χ3v) is 1.91. The van der Waals surface area contributed by atoms with Crippen molar-refractivity contribution in [2.24, 2.45) is 0 Å². The fraction of sp³-hybridized carbons (Fsp3) is 0.250. The Hall–Kier alpha value is 0.0187. The Morgan fingerprint density at radius 1 is 1.33 bits per heavy atom. The second-order valence-corrected chi connectivity index (χ2v) is 3.52. The average Bonchev–Trinajstić information content (AvgIpc) is 1.64. The van der Waals surface area contributed by atoms with Crippen molar-refractivity contribution in [1.29, 1.82) is 0 Å². The molecule has 0 aliphatic rings. The van der Waals surface area contributed by atoms with Gasteiger partial charge in [0.25, 0.3) is 0 Å². The average molecular weight is 226 g/mol. The Balaban J connectivity index is 0.000000640. The molecule has 1 rings (SSSR count). The maximum atomic E-state index is 2.21. The van der Waals surface area contributed by atoms with Crippen LogP contribution in [0, 0.1) is 6.92 Å². The summed E-state index contributed by atoms with van der Waals surface area (Å²) >= 11 is 1.50. The minimum atomic E-state index is 0. The van der Waals surface area contributed by atoms with Gasteiger partial charge in [-0.3, -0.25) is 0 Å². The number of aryl methyl sites for hydroxylation is 1. The number of benzene rings is 1. The van der Waals surface area contributed by atoms with Crippen molar-refractivity contribution in [3.63, 3.8) is 0 Å². The van der Waals surface area contributed by atoms with Crippen molar-refractivity contribution in [3.05, 3.63) is 29.8 Å². The summed E-state index contributed by atoms with van der Waals surface area (Å²) in [5.74, 6) is 0. The number of hydrogen-bond acceptors (Lipinski definition) is 0. The molecule has 0 spiro atoms. The molecule has 0 fully saturated rings. The Morgan fingerprint density at radius 3 is 2.33 bits per heavy atom. The summed E-state index contributed by atoms with van der Waals surface area (Å²) in [4.78, 5) is 0. The zero-order chi connectivity index (χ0) is 5.98. The van der Waals surface area contributed by atoms with E-state index >= 15 is 0 Å². The summed E-state index contributed by atoms with van der Waals surface area (Å²) in [6.07, 6.45) is 0. The van der Waals surface area contributed by atoms with Crippen molar-refractivity contribution < 1.29 is 0 Å². The molecule has 0 heterocycles.